The third-order valence-corrected chi connectivity index (χ3v) is 2.81. The summed E-state index contributed by atoms with van der Waals surface area (Å²) in [5.74, 6) is -1.24. The molecule has 2 atom stereocenters. The van der Waals surface area contributed by atoms with E-state index in [4.69, 9.17) is 5.73 Å². The summed E-state index contributed by atoms with van der Waals surface area (Å²) in [5.41, 5.74) is 4.95. The van der Waals surface area contributed by atoms with Gasteiger partial charge in [-0.25, -0.2) is 8.78 Å². The summed E-state index contributed by atoms with van der Waals surface area (Å²) in [5, 5.41) is 0. The van der Waals surface area contributed by atoms with E-state index in [0.717, 1.165) is 24.9 Å². The lowest BCUT2D eigenvalue weighted by molar-refractivity contribution is -0.0205. The Morgan fingerprint density at radius 3 is 2.42 bits per heavy atom. The van der Waals surface area contributed by atoms with Crippen LogP contribution in [0.5, 0.6) is 0 Å². The number of piperidine rings is 1. The zero-order valence-corrected chi connectivity index (χ0v) is 6.97. The minimum Gasteiger partial charge on any atom is -0.325 e. The SMILES string of the molecule is NCC(F)(F)CN1CC2CC2C1. The molecule has 4 heteroatoms. The molecule has 12 heavy (non-hydrogen) atoms. The van der Waals surface area contributed by atoms with E-state index >= 15 is 0 Å². The molecule has 0 aromatic heterocycles. The Balaban J connectivity index is 1.80. The van der Waals surface area contributed by atoms with Gasteiger partial charge in [0.1, 0.15) is 0 Å². The normalized spacial score (nSPS) is 35.2. The fourth-order valence-electron chi connectivity index (χ4n) is 2.02. The quantitative estimate of drug-likeness (QED) is 0.679. The van der Waals surface area contributed by atoms with E-state index < -0.39 is 12.5 Å². The second-order valence-corrected chi connectivity index (χ2v) is 4.01. The summed E-state index contributed by atoms with van der Waals surface area (Å²) in [7, 11) is 0. The van der Waals surface area contributed by atoms with Crippen LogP contribution in [0.25, 0.3) is 0 Å². The van der Waals surface area contributed by atoms with Crippen LogP contribution in [0.2, 0.25) is 0 Å². The highest BCUT2D eigenvalue weighted by Crippen LogP contribution is 2.45. The van der Waals surface area contributed by atoms with Gasteiger partial charge in [-0.15, -0.1) is 0 Å². The van der Waals surface area contributed by atoms with Gasteiger partial charge in [-0.2, -0.15) is 0 Å². The van der Waals surface area contributed by atoms with Crippen LogP contribution in [0.15, 0.2) is 0 Å². The highest BCUT2D eigenvalue weighted by molar-refractivity contribution is 4.97. The van der Waals surface area contributed by atoms with Crippen LogP contribution >= 0.6 is 0 Å². The minimum absolute atomic E-state index is 0.142. The summed E-state index contributed by atoms with van der Waals surface area (Å²) in [6, 6.07) is 0. The van der Waals surface area contributed by atoms with E-state index in [1.807, 2.05) is 4.90 Å². The van der Waals surface area contributed by atoms with Crippen molar-refractivity contribution in [1.82, 2.24) is 4.90 Å². The van der Waals surface area contributed by atoms with Crippen LogP contribution in [-0.4, -0.2) is 37.0 Å². The van der Waals surface area contributed by atoms with Crippen molar-refractivity contribution < 1.29 is 8.78 Å². The van der Waals surface area contributed by atoms with Crippen molar-refractivity contribution in [1.29, 1.82) is 0 Å². The summed E-state index contributed by atoms with van der Waals surface area (Å²) in [6.07, 6.45) is 1.25. The number of hydrogen-bond donors (Lipinski definition) is 1. The molecule has 2 nitrogen and oxygen atoms in total. The van der Waals surface area contributed by atoms with Gasteiger partial charge in [-0.3, -0.25) is 4.90 Å². The summed E-state index contributed by atoms with van der Waals surface area (Å²) >= 11 is 0. The van der Waals surface area contributed by atoms with Crippen LogP contribution in [0.4, 0.5) is 8.78 Å². The molecule has 2 rings (SSSR count). The molecule has 0 aromatic rings. The Bertz CT molecular complexity index is 174. The standard InChI is InChI=1S/C8H14F2N2/c9-8(10,4-11)5-12-2-6-1-7(6)3-12/h6-7H,1-5,11H2. The van der Waals surface area contributed by atoms with Gasteiger partial charge in [0.25, 0.3) is 5.92 Å². The molecule has 0 bridgehead atoms. The summed E-state index contributed by atoms with van der Waals surface area (Å²) in [6.45, 7) is 1.05. The molecule has 2 fully saturated rings. The molecule has 0 radical (unpaired) electrons. The third-order valence-electron chi connectivity index (χ3n) is 2.81. The Morgan fingerprint density at radius 2 is 1.92 bits per heavy atom. The van der Waals surface area contributed by atoms with Gasteiger partial charge in [0.05, 0.1) is 13.1 Å². The topological polar surface area (TPSA) is 29.3 Å². The first kappa shape index (κ1) is 8.38. The Kier molecular flexibility index (Phi) is 1.84. The lowest BCUT2D eigenvalue weighted by atomic mass is 10.3. The van der Waals surface area contributed by atoms with E-state index in [0.29, 0.717) is 0 Å². The van der Waals surface area contributed by atoms with Gasteiger partial charge in [-0.05, 0) is 18.3 Å². The number of rotatable bonds is 3. The smallest absolute Gasteiger partial charge is 0.272 e. The van der Waals surface area contributed by atoms with E-state index in [2.05, 4.69) is 0 Å². The van der Waals surface area contributed by atoms with Crippen molar-refractivity contribution in [2.24, 2.45) is 17.6 Å². The largest absolute Gasteiger partial charge is 0.325 e. The van der Waals surface area contributed by atoms with Crippen molar-refractivity contribution in [2.45, 2.75) is 12.3 Å². The van der Waals surface area contributed by atoms with Crippen molar-refractivity contribution in [2.75, 3.05) is 26.2 Å². The summed E-state index contributed by atoms with van der Waals surface area (Å²) in [4.78, 5) is 1.84. The molecule has 2 N–H and O–H groups in total. The fraction of sp³-hybridized carbons (Fsp3) is 1.00. The first-order chi connectivity index (χ1) is 5.61. The number of nitrogens with two attached hydrogens (primary N) is 1. The van der Waals surface area contributed by atoms with Gasteiger partial charge in [0.15, 0.2) is 0 Å². The Labute approximate surface area is 70.7 Å². The van der Waals surface area contributed by atoms with Crippen LogP contribution in [0, 0.1) is 11.8 Å². The number of alkyl halides is 2. The van der Waals surface area contributed by atoms with Gasteiger partial charge < -0.3 is 5.73 Å². The molecule has 2 unspecified atom stereocenters. The lowest BCUT2D eigenvalue weighted by Gasteiger charge is -2.23. The zero-order valence-electron chi connectivity index (χ0n) is 6.97. The maximum absolute atomic E-state index is 12.8. The van der Waals surface area contributed by atoms with Crippen LogP contribution in [0.3, 0.4) is 0 Å². The minimum atomic E-state index is -2.68. The first-order valence-electron chi connectivity index (χ1n) is 4.41. The van der Waals surface area contributed by atoms with E-state index in [9.17, 15) is 8.78 Å². The van der Waals surface area contributed by atoms with Crippen molar-refractivity contribution >= 4 is 0 Å². The number of likely N-dealkylation sites (tertiary alicyclic amines) is 1. The average molecular weight is 176 g/mol. The summed E-state index contributed by atoms with van der Waals surface area (Å²) < 4.78 is 25.6. The van der Waals surface area contributed by atoms with Gasteiger partial charge in [0, 0.05) is 13.1 Å². The Morgan fingerprint density at radius 1 is 1.33 bits per heavy atom. The molecule has 70 valence electrons. The van der Waals surface area contributed by atoms with Gasteiger partial charge in [0.2, 0.25) is 0 Å². The monoisotopic (exact) mass is 176 g/mol. The molecular formula is C8H14F2N2. The second-order valence-electron chi connectivity index (χ2n) is 4.01. The average Bonchev–Trinajstić information content (AvgIpc) is 2.59. The van der Waals surface area contributed by atoms with Crippen LogP contribution in [-0.2, 0) is 0 Å². The maximum Gasteiger partial charge on any atom is 0.272 e. The zero-order chi connectivity index (χ0) is 8.77. The van der Waals surface area contributed by atoms with Crippen LogP contribution in [0.1, 0.15) is 6.42 Å². The lowest BCUT2D eigenvalue weighted by Crippen LogP contribution is -2.41. The van der Waals surface area contributed by atoms with E-state index in [1.165, 1.54) is 6.42 Å². The number of hydrogen-bond acceptors (Lipinski definition) is 2. The first-order valence-corrected chi connectivity index (χ1v) is 4.41. The van der Waals surface area contributed by atoms with Gasteiger partial charge >= 0.3 is 0 Å². The van der Waals surface area contributed by atoms with Crippen molar-refractivity contribution in [3.8, 4) is 0 Å². The molecule has 2 aliphatic rings. The predicted molar refractivity (Wildman–Crippen MR) is 42.0 cm³/mol. The molecule has 1 saturated heterocycles. The number of nitrogens with zero attached hydrogens (tertiary/aromatic N) is 1. The number of halogens is 2. The van der Waals surface area contributed by atoms with Crippen molar-refractivity contribution in [3.05, 3.63) is 0 Å². The number of fused-ring (bicyclic) bond motifs is 1. The maximum atomic E-state index is 12.8. The fourth-order valence-corrected chi connectivity index (χ4v) is 2.02. The molecule has 1 aliphatic heterocycles. The molecule has 0 amide bonds. The third kappa shape index (κ3) is 1.59. The molecule has 0 spiro atoms. The molecule has 1 heterocycles. The van der Waals surface area contributed by atoms with E-state index in [-0.39, 0.29) is 6.54 Å². The molecule has 1 saturated carbocycles. The van der Waals surface area contributed by atoms with E-state index in [1.54, 1.807) is 0 Å². The predicted octanol–water partition coefficient (Wildman–Crippen LogP) is 0.532. The second kappa shape index (κ2) is 2.64. The molecular weight excluding hydrogens is 162 g/mol. The van der Waals surface area contributed by atoms with Crippen molar-refractivity contribution in [3.63, 3.8) is 0 Å². The highest BCUT2D eigenvalue weighted by Gasteiger charge is 2.46. The van der Waals surface area contributed by atoms with Crippen LogP contribution < -0.4 is 5.73 Å². The molecule has 0 aromatic carbocycles. The van der Waals surface area contributed by atoms with Gasteiger partial charge in [-0.1, -0.05) is 0 Å². The highest BCUT2D eigenvalue weighted by atomic mass is 19.3. The Hall–Kier alpha value is -0.220. The molecule has 1 aliphatic carbocycles.